The molecule has 0 aliphatic carbocycles. The van der Waals surface area contributed by atoms with E-state index in [1.807, 2.05) is 6.07 Å². The Morgan fingerprint density at radius 1 is 1.07 bits per heavy atom. The van der Waals surface area contributed by atoms with E-state index in [0.717, 1.165) is 42.8 Å². The van der Waals surface area contributed by atoms with Crippen molar-refractivity contribution in [3.05, 3.63) is 64.1 Å². The summed E-state index contributed by atoms with van der Waals surface area (Å²) in [6, 6.07) is 13.3. The molecule has 0 aromatic heterocycles. The van der Waals surface area contributed by atoms with E-state index < -0.39 is 15.9 Å². The van der Waals surface area contributed by atoms with Crippen molar-refractivity contribution in [1.29, 1.82) is 0 Å². The van der Waals surface area contributed by atoms with Gasteiger partial charge in [-0.3, -0.25) is 9.69 Å². The summed E-state index contributed by atoms with van der Waals surface area (Å²) in [7, 11) is -1.80. The average Bonchev–Trinajstić information content (AvgIpc) is 2.64. The molecule has 144 valence electrons. The fourth-order valence-corrected chi connectivity index (χ4v) is 4.17. The van der Waals surface area contributed by atoms with Crippen molar-refractivity contribution >= 4 is 31.9 Å². The summed E-state index contributed by atoms with van der Waals surface area (Å²) in [5, 5.41) is 0. The lowest BCUT2D eigenvalue weighted by Gasteiger charge is -2.32. The third-order valence-electron chi connectivity index (χ3n) is 4.54. The molecule has 1 heterocycles. The number of piperazine rings is 1. The van der Waals surface area contributed by atoms with Gasteiger partial charge in [-0.15, -0.1) is 0 Å². The lowest BCUT2D eigenvalue weighted by atomic mass is 10.1. The molecule has 1 aliphatic rings. The minimum Gasteiger partial charge on any atom is -0.304 e. The fraction of sp³-hybridized carbons (Fsp3) is 0.316. The Kier molecular flexibility index (Phi) is 6.31. The molecule has 0 radical (unpaired) electrons. The monoisotopic (exact) mass is 451 g/mol. The highest BCUT2D eigenvalue weighted by molar-refractivity contribution is 9.10. The summed E-state index contributed by atoms with van der Waals surface area (Å²) in [6.45, 7) is 4.74. The van der Waals surface area contributed by atoms with Crippen molar-refractivity contribution < 1.29 is 13.2 Å². The van der Waals surface area contributed by atoms with Crippen molar-refractivity contribution in [2.24, 2.45) is 0 Å². The number of nitrogens with one attached hydrogen (secondary N) is 1. The predicted molar refractivity (Wildman–Crippen MR) is 108 cm³/mol. The van der Waals surface area contributed by atoms with Crippen LogP contribution in [-0.4, -0.2) is 57.4 Å². The van der Waals surface area contributed by atoms with Gasteiger partial charge in [-0.1, -0.05) is 28.1 Å². The molecule has 0 bridgehead atoms. The number of nitrogens with zero attached hydrogens (tertiary/aromatic N) is 2. The summed E-state index contributed by atoms with van der Waals surface area (Å²) in [4.78, 5) is 17.1. The number of halogens is 1. The van der Waals surface area contributed by atoms with E-state index in [4.69, 9.17) is 0 Å². The molecule has 1 aliphatic heterocycles. The first-order valence-corrected chi connectivity index (χ1v) is 10.9. The van der Waals surface area contributed by atoms with Gasteiger partial charge in [0.2, 0.25) is 0 Å². The average molecular weight is 452 g/mol. The number of sulfonamides is 1. The first kappa shape index (κ1) is 20.0. The lowest BCUT2D eigenvalue weighted by Crippen LogP contribution is -2.43. The fourth-order valence-electron chi connectivity index (χ4n) is 2.93. The number of carbonyl (C=O) groups is 1. The molecule has 1 fully saturated rings. The van der Waals surface area contributed by atoms with Gasteiger partial charge in [-0.05, 0) is 49.0 Å². The van der Waals surface area contributed by atoms with Crippen LogP contribution in [-0.2, 0) is 16.6 Å². The third-order valence-corrected chi connectivity index (χ3v) is 6.42. The van der Waals surface area contributed by atoms with Crippen LogP contribution in [0, 0.1) is 0 Å². The van der Waals surface area contributed by atoms with Gasteiger partial charge >= 0.3 is 0 Å². The van der Waals surface area contributed by atoms with Gasteiger partial charge in [0.25, 0.3) is 15.9 Å². The van der Waals surface area contributed by atoms with Crippen LogP contribution >= 0.6 is 15.9 Å². The number of rotatable bonds is 5. The summed E-state index contributed by atoms with van der Waals surface area (Å²) >= 11 is 3.26. The summed E-state index contributed by atoms with van der Waals surface area (Å²) in [6.07, 6.45) is 0. The number of hydrogen-bond acceptors (Lipinski definition) is 5. The Balaban J connectivity index is 1.69. The van der Waals surface area contributed by atoms with Crippen LogP contribution in [0.3, 0.4) is 0 Å². The van der Waals surface area contributed by atoms with Gasteiger partial charge in [0, 0.05) is 42.8 Å². The summed E-state index contributed by atoms with van der Waals surface area (Å²) in [5.41, 5.74) is 1.33. The third kappa shape index (κ3) is 5.38. The Bertz CT molecular complexity index is 908. The van der Waals surface area contributed by atoms with Crippen LogP contribution in [0.25, 0.3) is 0 Å². The predicted octanol–water partition coefficient (Wildman–Crippen LogP) is 2.32. The first-order valence-electron chi connectivity index (χ1n) is 8.66. The molecule has 0 unspecified atom stereocenters. The molecule has 0 atom stereocenters. The van der Waals surface area contributed by atoms with Gasteiger partial charge in [0.15, 0.2) is 0 Å². The highest BCUT2D eigenvalue weighted by Crippen LogP contribution is 2.16. The van der Waals surface area contributed by atoms with Gasteiger partial charge in [0.1, 0.15) is 0 Å². The van der Waals surface area contributed by atoms with E-state index in [0.29, 0.717) is 5.56 Å². The molecule has 6 nitrogen and oxygen atoms in total. The lowest BCUT2D eigenvalue weighted by molar-refractivity contribution is 0.0981. The van der Waals surface area contributed by atoms with Crippen LogP contribution in [0.4, 0.5) is 0 Å². The molecule has 1 amide bonds. The maximum Gasteiger partial charge on any atom is 0.265 e. The number of benzene rings is 2. The standard InChI is InChI=1S/C19H22BrN3O3S/c1-22-9-11-23(12-10-22)14-15-3-2-4-16(13-15)19(24)21-27(25,26)18-7-5-17(20)6-8-18/h2-8,13H,9-12,14H2,1H3,(H,21,24). The molecule has 0 spiro atoms. The van der Waals surface area contributed by atoms with Crippen LogP contribution in [0.2, 0.25) is 0 Å². The molecule has 1 N–H and O–H groups in total. The Hall–Kier alpha value is -1.74. The van der Waals surface area contributed by atoms with Crippen molar-refractivity contribution in [3.8, 4) is 0 Å². The highest BCUT2D eigenvalue weighted by Gasteiger charge is 2.19. The number of likely N-dealkylation sites (N-methyl/N-ethyl adjacent to an activating group) is 1. The molecule has 0 saturated carbocycles. The topological polar surface area (TPSA) is 69.7 Å². The number of carbonyl (C=O) groups excluding carboxylic acids is 1. The molecule has 27 heavy (non-hydrogen) atoms. The molecular formula is C19H22BrN3O3S. The van der Waals surface area contributed by atoms with E-state index in [1.54, 1.807) is 30.3 Å². The first-order chi connectivity index (χ1) is 12.8. The largest absolute Gasteiger partial charge is 0.304 e. The highest BCUT2D eigenvalue weighted by atomic mass is 79.9. The van der Waals surface area contributed by atoms with E-state index in [-0.39, 0.29) is 4.90 Å². The molecule has 2 aromatic carbocycles. The minimum absolute atomic E-state index is 0.0487. The second-order valence-corrected chi connectivity index (χ2v) is 9.27. The maximum absolute atomic E-state index is 12.5. The zero-order valence-corrected chi connectivity index (χ0v) is 17.5. The van der Waals surface area contributed by atoms with Gasteiger partial charge in [-0.25, -0.2) is 13.1 Å². The van der Waals surface area contributed by atoms with Gasteiger partial charge < -0.3 is 4.90 Å². The SMILES string of the molecule is CN1CCN(Cc2cccc(C(=O)NS(=O)(=O)c3ccc(Br)cc3)c2)CC1. The van der Waals surface area contributed by atoms with Gasteiger partial charge in [0.05, 0.1) is 4.90 Å². The smallest absolute Gasteiger partial charge is 0.265 e. The zero-order valence-electron chi connectivity index (χ0n) is 15.1. The van der Waals surface area contributed by atoms with Crippen molar-refractivity contribution in [3.63, 3.8) is 0 Å². The van der Waals surface area contributed by atoms with Crippen LogP contribution in [0.5, 0.6) is 0 Å². The quantitative estimate of drug-likeness (QED) is 0.754. The maximum atomic E-state index is 12.5. The Morgan fingerprint density at radius 2 is 1.74 bits per heavy atom. The molecule has 8 heteroatoms. The normalized spacial score (nSPS) is 16.2. The minimum atomic E-state index is -3.91. The van der Waals surface area contributed by atoms with Crippen molar-refractivity contribution in [2.75, 3.05) is 33.2 Å². The molecular weight excluding hydrogens is 430 g/mol. The van der Waals surface area contributed by atoms with E-state index in [1.165, 1.54) is 12.1 Å². The van der Waals surface area contributed by atoms with Crippen LogP contribution in [0.1, 0.15) is 15.9 Å². The number of hydrogen-bond donors (Lipinski definition) is 1. The van der Waals surface area contributed by atoms with E-state index in [2.05, 4.69) is 37.5 Å². The second kappa shape index (κ2) is 8.52. The van der Waals surface area contributed by atoms with Crippen LogP contribution < -0.4 is 4.72 Å². The van der Waals surface area contributed by atoms with E-state index >= 15 is 0 Å². The molecule has 3 rings (SSSR count). The van der Waals surface area contributed by atoms with Crippen molar-refractivity contribution in [1.82, 2.24) is 14.5 Å². The number of amides is 1. The molecule has 2 aromatic rings. The van der Waals surface area contributed by atoms with Crippen molar-refractivity contribution in [2.45, 2.75) is 11.4 Å². The Labute approximate surface area is 168 Å². The van der Waals surface area contributed by atoms with Crippen LogP contribution in [0.15, 0.2) is 57.9 Å². The Morgan fingerprint density at radius 3 is 2.41 bits per heavy atom. The second-order valence-electron chi connectivity index (χ2n) is 6.67. The van der Waals surface area contributed by atoms with Gasteiger partial charge in [-0.2, -0.15) is 0 Å². The summed E-state index contributed by atoms with van der Waals surface area (Å²) < 4.78 is 27.7. The zero-order chi connectivity index (χ0) is 19.4. The summed E-state index contributed by atoms with van der Waals surface area (Å²) in [5.74, 6) is -0.627. The molecule has 1 saturated heterocycles. The van der Waals surface area contributed by atoms with E-state index in [9.17, 15) is 13.2 Å².